The topological polar surface area (TPSA) is 105 Å². The summed E-state index contributed by atoms with van der Waals surface area (Å²) in [7, 11) is 7.76. The van der Waals surface area contributed by atoms with Crippen molar-refractivity contribution in [2.24, 2.45) is 0 Å². The Morgan fingerprint density at radius 1 is 1.11 bits per heavy atom. The Morgan fingerprint density at radius 2 is 1.74 bits per heavy atom. The third-order valence-electron chi connectivity index (χ3n) is 3.92. The van der Waals surface area contributed by atoms with E-state index in [9.17, 15) is 14.4 Å². The van der Waals surface area contributed by atoms with Gasteiger partial charge in [0, 0.05) is 20.0 Å². The molecule has 0 heterocycles. The van der Waals surface area contributed by atoms with Crippen molar-refractivity contribution < 1.29 is 33.4 Å². The zero-order valence-electron chi connectivity index (χ0n) is 17.1. The van der Waals surface area contributed by atoms with Crippen molar-refractivity contribution >= 4 is 18.3 Å². The Morgan fingerprint density at radius 3 is 2.30 bits per heavy atom. The molecule has 9 heteroatoms. The Labute approximate surface area is 162 Å². The van der Waals surface area contributed by atoms with Crippen molar-refractivity contribution in [3.05, 3.63) is 0 Å². The second-order valence-electron chi connectivity index (χ2n) is 7.46. The van der Waals surface area contributed by atoms with Crippen molar-refractivity contribution in [2.75, 3.05) is 67.7 Å². The van der Waals surface area contributed by atoms with Gasteiger partial charge in [0.25, 0.3) is 0 Å². The lowest BCUT2D eigenvalue weighted by Crippen LogP contribution is -2.37. The van der Waals surface area contributed by atoms with E-state index in [1.165, 1.54) is 7.05 Å². The van der Waals surface area contributed by atoms with Gasteiger partial charge in [0.1, 0.15) is 12.6 Å². The van der Waals surface area contributed by atoms with Crippen molar-refractivity contribution in [1.82, 2.24) is 10.2 Å². The molecule has 9 nitrogen and oxygen atoms in total. The summed E-state index contributed by atoms with van der Waals surface area (Å²) >= 11 is 0. The number of nitrogens with one attached hydrogen (secondary N) is 1. The normalized spacial score (nSPS) is 12.4. The number of rotatable bonds is 17. The van der Waals surface area contributed by atoms with Crippen LogP contribution in [0.4, 0.5) is 0 Å². The van der Waals surface area contributed by atoms with Crippen LogP contribution in [0.2, 0.25) is 0 Å². The predicted molar refractivity (Wildman–Crippen MR) is 101 cm³/mol. The van der Waals surface area contributed by atoms with E-state index in [4.69, 9.17) is 14.6 Å². The Hall–Kier alpha value is -1.71. The molecule has 0 bridgehead atoms. The van der Waals surface area contributed by atoms with Gasteiger partial charge in [-0.05, 0) is 19.3 Å². The van der Waals surface area contributed by atoms with Gasteiger partial charge in [-0.15, -0.1) is 0 Å². The molecular formula is C18H36N3O6+. The first-order valence-corrected chi connectivity index (χ1v) is 9.30. The Bertz CT molecular complexity index is 439. The quantitative estimate of drug-likeness (QED) is 0.205. The number of carboxylic acid groups (broad SMARTS) is 1. The SMILES string of the molecule is CN(C=O)C(CCCCNC(=O)CCOCCOCC[N+](C)(C)C)C(=O)O. The molecule has 0 radical (unpaired) electrons. The molecule has 0 saturated carbocycles. The number of aliphatic carboxylic acids is 1. The third kappa shape index (κ3) is 15.1. The van der Waals surface area contributed by atoms with Crippen LogP contribution in [0.25, 0.3) is 0 Å². The molecule has 2 N–H and O–H groups in total. The molecule has 0 aliphatic heterocycles. The molecule has 1 atom stereocenters. The predicted octanol–water partition coefficient (Wildman–Crippen LogP) is -0.0562. The van der Waals surface area contributed by atoms with E-state index in [1.807, 2.05) is 0 Å². The van der Waals surface area contributed by atoms with E-state index in [0.29, 0.717) is 58.6 Å². The van der Waals surface area contributed by atoms with Crippen LogP contribution in [0, 0.1) is 0 Å². The molecular weight excluding hydrogens is 354 g/mol. The zero-order chi connectivity index (χ0) is 20.7. The first kappa shape index (κ1) is 25.3. The molecule has 0 aromatic heterocycles. The van der Waals surface area contributed by atoms with Crippen LogP contribution in [0.1, 0.15) is 25.7 Å². The number of amides is 2. The summed E-state index contributed by atoms with van der Waals surface area (Å²) < 4.78 is 11.7. The molecule has 0 aliphatic rings. The molecule has 158 valence electrons. The Balaban J connectivity index is 3.57. The summed E-state index contributed by atoms with van der Waals surface area (Å²) in [6, 6.07) is -0.823. The second kappa shape index (κ2) is 14.4. The minimum Gasteiger partial charge on any atom is -0.480 e. The van der Waals surface area contributed by atoms with E-state index in [-0.39, 0.29) is 12.3 Å². The second-order valence-corrected chi connectivity index (χ2v) is 7.46. The van der Waals surface area contributed by atoms with Gasteiger partial charge < -0.3 is 29.3 Å². The summed E-state index contributed by atoms with van der Waals surface area (Å²) in [6.45, 7) is 3.41. The van der Waals surface area contributed by atoms with Gasteiger partial charge in [-0.2, -0.15) is 0 Å². The molecule has 0 fully saturated rings. The van der Waals surface area contributed by atoms with Crippen LogP contribution in [0.5, 0.6) is 0 Å². The Kier molecular flexibility index (Phi) is 13.5. The maximum Gasteiger partial charge on any atom is 0.326 e. The van der Waals surface area contributed by atoms with Crippen molar-refractivity contribution in [3.63, 3.8) is 0 Å². The zero-order valence-corrected chi connectivity index (χ0v) is 17.1. The molecule has 1 unspecified atom stereocenters. The summed E-state index contributed by atoms with van der Waals surface area (Å²) in [4.78, 5) is 34.5. The fraction of sp³-hybridized carbons (Fsp3) is 0.833. The fourth-order valence-corrected chi connectivity index (χ4v) is 2.18. The number of hydrogen-bond donors (Lipinski definition) is 2. The van der Waals surface area contributed by atoms with Gasteiger partial charge in [0.15, 0.2) is 0 Å². The molecule has 2 amide bonds. The van der Waals surface area contributed by atoms with Crippen molar-refractivity contribution in [3.8, 4) is 0 Å². The number of likely N-dealkylation sites (N-methyl/N-ethyl adjacent to an activating group) is 2. The van der Waals surface area contributed by atoms with E-state index >= 15 is 0 Å². The minimum absolute atomic E-state index is 0.0965. The summed E-state index contributed by atoms with van der Waals surface area (Å²) in [6.07, 6.45) is 2.41. The average molecular weight is 391 g/mol. The number of unbranched alkanes of at least 4 members (excludes halogenated alkanes) is 1. The monoisotopic (exact) mass is 390 g/mol. The summed E-state index contributed by atoms with van der Waals surface area (Å²) in [5.41, 5.74) is 0. The lowest BCUT2D eigenvalue weighted by atomic mass is 10.1. The standard InChI is InChI=1S/C18H35N3O6/c1-20(15-22)16(18(24)25)7-5-6-9-19-17(23)8-11-26-13-14-27-12-10-21(2,3)4/h15-16H,5-14H2,1-4H3,(H-,19,23,24,25)/p+1. The summed E-state index contributed by atoms with van der Waals surface area (Å²) in [5.74, 6) is -1.12. The highest BCUT2D eigenvalue weighted by atomic mass is 16.5. The van der Waals surface area contributed by atoms with Gasteiger partial charge in [0.2, 0.25) is 12.3 Å². The molecule has 0 aromatic carbocycles. The first-order valence-electron chi connectivity index (χ1n) is 9.30. The molecule has 0 aromatic rings. The third-order valence-corrected chi connectivity index (χ3v) is 3.92. The number of carbonyl (C=O) groups is 3. The number of hydrogen-bond acceptors (Lipinski definition) is 5. The van der Waals surface area contributed by atoms with Gasteiger partial charge in [-0.1, -0.05) is 0 Å². The van der Waals surface area contributed by atoms with E-state index in [0.717, 1.165) is 15.9 Å². The van der Waals surface area contributed by atoms with Gasteiger partial charge in [-0.25, -0.2) is 4.79 Å². The lowest BCUT2D eigenvalue weighted by Gasteiger charge is -2.23. The largest absolute Gasteiger partial charge is 0.480 e. The van der Waals surface area contributed by atoms with Gasteiger partial charge >= 0.3 is 5.97 Å². The molecule has 0 rings (SSSR count). The van der Waals surface area contributed by atoms with Crippen LogP contribution in [0.15, 0.2) is 0 Å². The molecule has 27 heavy (non-hydrogen) atoms. The molecule has 0 aliphatic carbocycles. The van der Waals surface area contributed by atoms with Crippen LogP contribution in [0.3, 0.4) is 0 Å². The van der Waals surface area contributed by atoms with Crippen LogP contribution >= 0.6 is 0 Å². The number of carboxylic acids is 1. The number of quaternary nitrogens is 1. The first-order chi connectivity index (χ1) is 12.7. The van der Waals surface area contributed by atoms with Crippen molar-refractivity contribution in [2.45, 2.75) is 31.7 Å². The van der Waals surface area contributed by atoms with Gasteiger partial charge in [0.05, 0.1) is 47.6 Å². The van der Waals surface area contributed by atoms with Gasteiger partial charge in [-0.3, -0.25) is 9.59 Å². The average Bonchev–Trinajstić information content (AvgIpc) is 2.58. The molecule has 0 saturated heterocycles. The maximum absolute atomic E-state index is 11.7. The van der Waals surface area contributed by atoms with E-state index in [1.54, 1.807) is 0 Å². The summed E-state index contributed by atoms with van der Waals surface area (Å²) in [5, 5.41) is 11.8. The van der Waals surface area contributed by atoms with E-state index in [2.05, 4.69) is 26.5 Å². The van der Waals surface area contributed by atoms with Crippen LogP contribution in [-0.2, 0) is 23.9 Å². The number of carbonyl (C=O) groups excluding carboxylic acids is 2. The van der Waals surface area contributed by atoms with E-state index < -0.39 is 12.0 Å². The van der Waals surface area contributed by atoms with Crippen LogP contribution < -0.4 is 5.32 Å². The number of nitrogens with zero attached hydrogens (tertiary/aromatic N) is 2. The molecule has 0 spiro atoms. The lowest BCUT2D eigenvalue weighted by molar-refractivity contribution is -0.870. The highest BCUT2D eigenvalue weighted by molar-refractivity contribution is 5.76. The minimum atomic E-state index is -1.02. The highest BCUT2D eigenvalue weighted by Gasteiger charge is 2.20. The number of ether oxygens (including phenoxy) is 2. The highest BCUT2D eigenvalue weighted by Crippen LogP contribution is 2.06. The maximum atomic E-state index is 11.7. The fourth-order valence-electron chi connectivity index (χ4n) is 2.18. The smallest absolute Gasteiger partial charge is 0.326 e. The van der Waals surface area contributed by atoms with Crippen molar-refractivity contribution in [1.29, 1.82) is 0 Å². The van der Waals surface area contributed by atoms with Crippen LogP contribution in [-0.4, -0.2) is 107 Å².